The van der Waals surface area contributed by atoms with Gasteiger partial charge in [0.05, 0.1) is 6.54 Å². The van der Waals surface area contributed by atoms with Gasteiger partial charge in [-0.3, -0.25) is 4.79 Å². The first kappa shape index (κ1) is 11.6. The number of nitrogens with one attached hydrogen (secondary N) is 1. The van der Waals surface area contributed by atoms with E-state index in [1.165, 1.54) is 7.05 Å². The van der Waals surface area contributed by atoms with Crippen LogP contribution in [-0.4, -0.2) is 48.6 Å². The molecule has 2 N–H and O–H groups in total. The van der Waals surface area contributed by atoms with E-state index in [9.17, 15) is 18.4 Å². The van der Waals surface area contributed by atoms with Gasteiger partial charge in [0, 0.05) is 7.05 Å². The largest absolute Gasteiger partial charge is 0.480 e. The van der Waals surface area contributed by atoms with Gasteiger partial charge < -0.3 is 15.3 Å². The molecule has 0 bridgehead atoms. The number of carboxylic acid groups (broad SMARTS) is 1. The van der Waals surface area contributed by atoms with Crippen molar-refractivity contribution in [3.63, 3.8) is 0 Å². The van der Waals surface area contributed by atoms with E-state index in [1.54, 1.807) is 0 Å². The van der Waals surface area contributed by atoms with Gasteiger partial charge in [0.1, 0.15) is 6.54 Å². The van der Waals surface area contributed by atoms with E-state index in [0.717, 1.165) is 4.90 Å². The fraction of sp³-hybridized carbons (Fsp3) is 0.667. The number of aliphatic carboxylic acids is 1. The van der Waals surface area contributed by atoms with Crippen molar-refractivity contribution in [3.05, 3.63) is 0 Å². The second-order valence-electron chi connectivity index (χ2n) is 2.33. The van der Waals surface area contributed by atoms with Crippen molar-refractivity contribution in [3.8, 4) is 0 Å². The molecule has 0 aliphatic rings. The third-order valence-electron chi connectivity index (χ3n) is 1.13. The van der Waals surface area contributed by atoms with Crippen molar-refractivity contribution in [1.29, 1.82) is 0 Å². The van der Waals surface area contributed by atoms with Crippen LogP contribution in [0.4, 0.5) is 13.6 Å². The molecule has 0 aliphatic carbocycles. The highest BCUT2D eigenvalue weighted by molar-refractivity contribution is 5.79. The standard InChI is InChI=1S/C6H10F2N2O3/c1-10(3-5(11)12)6(13)9-2-4(7)8/h4H,2-3H2,1H3,(H,9,13)(H,11,12). The molecule has 0 aromatic carbocycles. The number of urea groups is 1. The Labute approximate surface area is 73.3 Å². The number of alkyl halides is 2. The number of likely N-dealkylation sites (N-methyl/N-ethyl adjacent to an activating group) is 1. The molecular formula is C6H10F2N2O3. The number of carboxylic acids is 1. The van der Waals surface area contributed by atoms with Crippen LogP contribution in [0.5, 0.6) is 0 Å². The van der Waals surface area contributed by atoms with Gasteiger partial charge in [0.25, 0.3) is 6.43 Å². The van der Waals surface area contributed by atoms with Crippen LogP contribution in [0.3, 0.4) is 0 Å². The topological polar surface area (TPSA) is 69.6 Å². The lowest BCUT2D eigenvalue weighted by Gasteiger charge is -2.14. The number of carbonyl (C=O) groups excluding carboxylic acids is 1. The van der Waals surface area contributed by atoms with E-state index in [4.69, 9.17) is 5.11 Å². The molecule has 0 spiro atoms. The highest BCUT2D eigenvalue weighted by Gasteiger charge is 2.12. The summed E-state index contributed by atoms with van der Waals surface area (Å²) in [5.74, 6) is -1.20. The Kier molecular flexibility index (Phi) is 4.71. The van der Waals surface area contributed by atoms with Gasteiger partial charge in [0.2, 0.25) is 0 Å². The van der Waals surface area contributed by atoms with Crippen LogP contribution < -0.4 is 5.32 Å². The average Bonchev–Trinajstić information content (AvgIpc) is 1.98. The molecule has 0 saturated carbocycles. The first-order valence-corrected chi connectivity index (χ1v) is 3.42. The Balaban J connectivity index is 3.76. The molecule has 0 radical (unpaired) electrons. The van der Waals surface area contributed by atoms with Crippen LogP contribution >= 0.6 is 0 Å². The molecule has 7 heteroatoms. The van der Waals surface area contributed by atoms with E-state index in [1.807, 2.05) is 5.32 Å². The van der Waals surface area contributed by atoms with Crippen LogP contribution in [0, 0.1) is 0 Å². The zero-order chi connectivity index (χ0) is 10.4. The Hall–Kier alpha value is -1.40. The van der Waals surface area contributed by atoms with Crippen LogP contribution in [0.2, 0.25) is 0 Å². The zero-order valence-corrected chi connectivity index (χ0v) is 6.96. The van der Waals surface area contributed by atoms with E-state index in [-0.39, 0.29) is 0 Å². The quantitative estimate of drug-likeness (QED) is 0.663. The third-order valence-corrected chi connectivity index (χ3v) is 1.13. The summed E-state index contributed by atoms with van der Waals surface area (Å²) in [5, 5.41) is 10.1. The molecule has 2 amide bonds. The molecule has 0 saturated heterocycles. The SMILES string of the molecule is CN(CC(=O)O)C(=O)NCC(F)F. The second-order valence-corrected chi connectivity index (χ2v) is 2.33. The van der Waals surface area contributed by atoms with Crippen LogP contribution in [0.25, 0.3) is 0 Å². The van der Waals surface area contributed by atoms with Crippen molar-refractivity contribution in [2.75, 3.05) is 20.1 Å². The number of carbonyl (C=O) groups is 2. The number of hydrogen-bond donors (Lipinski definition) is 2. The molecular weight excluding hydrogens is 186 g/mol. The number of rotatable bonds is 4. The minimum atomic E-state index is -2.64. The summed E-state index contributed by atoms with van der Waals surface area (Å²) in [6.07, 6.45) is -2.64. The molecule has 0 unspecified atom stereocenters. The van der Waals surface area contributed by atoms with Gasteiger partial charge in [0.15, 0.2) is 0 Å². The van der Waals surface area contributed by atoms with E-state index < -0.39 is 31.5 Å². The maximum absolute atomic E-state index is 11.6. The van der Waals surface area contributed by atoms with Crippen molar-refractivity contribution >= 4 is 12.0 Å². The fourth-order valence-electron chi connectivity index (χ4n) is 0.574. The highest BCUT2D eigenvalue weighted by atomic mass is 19.3. The summed E-state index contributed by atoms with van der Waals surface area (Å²) in [4.78, 5) is 21.7. The lowest BCUT2D eigenvalue weighted by molar-refractivity contribution is -0.137. The van der Waals surface area contributed by atoms with Gasteiger partial charge in [-0.2, -0.15) is 0 Å². The van der Waals surface area contributed by atoms with Gasteiger partial charge >= 0.3 is 12.0 Å². The van der Waals surface area contributed by atoms with Crippen LogP contribution in [0.15, 0.2) is 0 Å². The predicted octanol–water partition coefficient (Wildman–Crippen LogP) is -0.0225. The molecule has 0 aromatic rings. The van der Waals surface area contributed by atoms with E-state index >= 15 is 0 Å². The van der Waals surface area contributed by atoms with Crippen LogP contribution in [0.1, 0.15) is 0 Å². The molecule has 0 heterocycles. The number of hydrogen-bond acceptors (Lipinski definition) is 2. The zero-order valence-electron chi connectivity index (χ0n) is 6.96. The van der Waals surface area contributed by atoms with Gasteiger partial charge in [-0.1, -0.05) is 0 Å². The van der Waals surface area contributed by atoms with E-state index in [2.05, 4.69) is 0 Å². The first-order chi connectivity index (χ1) is 5.93. The minimum absolute atomic E-state index is 0.519. The Bertz CT molecular complexity index is 198. The van der Waals surface area contributed by atoms with Crippen molar-refractivity contribution < 1.29 is 23.5 Å². The Morgan fingerprint density at radius 2 is 2.08 bits per heavy atom. The number of halogens is 2. The van der Waals surface area contributed by atoms with Crippen molar-refractivity contribution in [1.82, 2.24) is 10.2 Å². The van der Waals surface area contributed by atoms with Gasteiger partial charge in [-0.15, -0.1) is 0 Å². The first-order valence-electron chi connectivity index (χ1n) is 3.42. The summed E-state index contributed by atoms with van der Waals surface area (Å²) in [5.41, 5.74) is 0. The normalized spacial score (nSPS) is 9.85. The lowest BCUT2D eigenvalue weighted by Crippen LogP contribution is -2.41. The molecule has 0 aromatic heterocycles. The van der Waals surface area contributed by atoms with Gasteiger partial charge in [-0.05, 0) is 0 Å². The van der Waals surface area contributed by atoms with Crippen molar-refractivity contribution in [2.24, 2.45) is 0 Å². The lowest BCUT2D eigenvalue weighted by atomic mass is 10.5. The van der Waals surface area contributed by atoms with Gasteiger partial charge in [-0.25, -0.2) is 13.6 Å². The molecule has 0 atom stereocenters. The smallest absolute Gasteiger partial charge is 0.323 e. The maximum atomic E-state index is 11.6. The van der Waals surface area contributed by atoms with Crippen molar-refractivity contribution in [2.45, 2.75) is 6.43 Å². The van der Waals surface area contributed by atoms with E-state index in [0.29, 0.717) is 0 Å². The number of nitrogens with zero attached hydrogens (tertiary/aromatic N) is 1. The molecule has 0 aliphatic heterocycles. The van der Waals surface area contributed by atoms with Crippen LogP contribution in [-0.2, 0) is 4.79 Å². The maximum Gasteiger partial charge on any atom is 0.323 e. The second kappa shape index (κ2) is 5.28. The fourth-order valence-corrected chi connectivity index (χ4v) is 0.574. The molecule has 0 rings (SSSR count). The number of amides is 2. The summed E-state index contributed by atoms with van der Waals surface area (Å²) in [6, 6.07) is -0.831. The summed E-state index contributed by atoms with van der Waals surface area (Å²) >= 11 is 0. The monoisotopic (exact) mass is 196 g/mol. The molecule has 0 fully saturated rings. The summed E-state index contributed by atoms with van der Waals surface area (Å²) < 4.78 is 23.1. The Morgan fingerprint density at radius 1 is 1.54 bits per heavy atom. The predicted molar refractivity (Wildman–Crippen MR) is 39.7 cm³/mol. The molecule has 76 valence electrons. The Morgan fingerprint density at radius 3 is 2.46 bits per heavy atom. The third kappa shape index (κ3) is 5.83. The minimum Gasteiger partial charge on any atom is -0.480 e. The summed E-state index contributed by atoms with van der Waals surface area (Å²) in [7, 11) is 1.20. The highest BCUT2D eigenvalue weighted by Crippen LogP contribution is 1.90. The summed E-state index contributed by atoms with van der Waals surface area (Å²) in [6.45, 7) is -1.29. The average molecular weight is 196 g/mol. The molecule has 13 heavy (non-hydrogen) atoms. The molecule has 5 nitrogen and oxygen atoms in total.